The molecule has 0 aliphatic heterocycles. The number of hydrogen-bond acceptors (Lipinski definition) is 0. The van der Waals surface area contributed by atoms with Crippen molar-refractivity contribution >= 4 is 0 Å². The summed E-state index contributed by atoms with van der Waals surface area (Å²) in [5.74, 6) is 0. The van der Waals surface area contributed by atoms with Crippen LogP contribution in [0.5, 0.6) is 0 Å². The summed E-state index contributed by atoms with van der Waals surface area (Å²) in [5.41, 5.74) is 0. The molecule has 0 aliphatic carbocycles. The van der Waals surface area contributed by atoms with E-state index in [1.54, 1.807) is 0 Å². The Labute approximate surface area is 163 Å². The first-order chi connectivity index (χ1) is 10.9. The van der Waals surface area contributed by atoms with E-state index in [0.717, 1.165) is 0 Å². The minimum atomic E-state index is 0. The maximum atomic E-state index is 2.29. The summed E-state index contributed by atoms with van der Waals surface area (Å²) >= 11 is 0. The molecule has 3 heteroatoms. The molecule has 1 heterocycles. The van der Waals surface area contributed by atoms with Crippen LogP contribution in [0.1, 0.15) is 96.8 Å². The van der Waals surface area contributed by atoms with Crippen LogP contribution < -0.4 is 4.57 Å². The molecule has 0 atom stereocenters. The Hall–Kier alpha value is -0.267. The number of aromatic nitrogens is 1. The Morgan fingerprint density at radius 1 is 0.542 bits per heavy atom. The molecule has 136 valence electrons. The molecular weight excluding hydrogens is 348 g/mol. The molecule has 0 saturated heterocycles. The molecule has 0 amide bonds. The number of rotatable bonds is 15. The van der Waals surface area contributed by atoms with Gasteiger partial charge in [-0.25, -0.2) is 4.57 Å². The van der Waals surface area contributed by atoms with Crippen molar-refractivity contribution < 1.29 is 29.5 Å². The third-order valence-corrected chi connectivity index (χ3v) is 4.55. The van der Waals surface area contributed by atoms with Gasteiger partial charge in [-0.1, -0.05) is 90.0 Å². The molecule has 0 spiro atoms. The van der Waals surface area contributed by atoms with Gasteiger partial charge < -0.3 is 5.48 Å². The van der Waals surface area contributed by atoms with E-state index < -0.39 is 0 Å². The van der Waals surface area contributed by atoms with E-state index in [-0.39, 0.29) is 25.0 Å². The zero-order chi connectivity index (χ0) is 15.7. The van der Waals surface area contributed by atoms with Crippen molar-refractivity contribution in [3.05, 3.63) is 30.6 Å². The second-order valence-corrected chi connectivity index (χ2v) is 6.71. The fourth-order valence-corrected chi connectivity index (χ4v) is 3.07. The molecule has 1 aromatic heterocycles. The van der Waals surface area contributed by atoms with Crippen molar-refractivity contribution in [2.75, 3.05) is 0 Å². The summed E-state index contributed by atoms with van der Waals surface area (Å²) in [4.78, 5) is 0. The van der Waals surface area contributed by atoms with E-state index >= 15 is 0 Å². The van der Waals surface area contributed by atoms with Crippen LogP contribution >= 0.6 is 0 Å². The maximum Gasteiger partial charge on any atom is 0.168 e. The van der Waals surface area contributed by atoms with E-state index in [9.17, 15) is 0 Å². The maximum absolute atomic E-state index is 2.29. The second kappa shape index (κ2) is 20.8. The van der Waals surface area contributed by atoms with Gasteiger partial charge in [-0.2, -0.15) is 0 Å². The fraction of sp³-hybridized carbons (Fsp3) is 0.762. The summed E-state index contributed by atoms with van der Waals surface area (Å²) in [6.45, 7) is 3.47. The minimum Gasteiger partial charge on any atom is -0.412 e. The van der Waals surface area contributed by atoms with E-state index in [1.165, 1.54) is 96.4 Å². The van der Waals surface area contributed by atoms with Crippen LogP contribution in [0, 0.1) is 0 Å². The first-order valence-electron chi connectivity index (χ1n) is 9.87. The van der Waals surface area contributed by atoms with Crippen LogP contribution in [-0.4, -0.2) is 5.48 Å². The number of aryl methyl sites for hydroxylation is 1. The van der Waals surface area contributed by atoms with E-state index in [0.29, 0.717) is 0 Å². The van der Waals surface area contributed by atoms with Crippen molar-refractivity contribution in [1.82, 2.24) is 0 Å². The number of hydrogen-bond donors (Lipinski definition) is 0. The van der Waals surface area contributed by atoms with Crippen LogP contribution in [0.2, 0.25) is 0 Å². The number of nitrogens with zero attached hydrogens (tertiary/aromatic N) is 1. The third-order valence-electron chi connectivity index (χ3n) is 4.55. The average molecular weight is 388 g/mol. The molecule has 2 nitrogen and oxygen atoms in total. The number of unbranched alkanes of at least 4 members (excludes halogenated alkanes) is 13. The van der Waals surface area contributed by atoms with Gasteiger partial charge in [0.15, 0.2) is 12.4 Å². The van der Waals surface area contributed by atoms with Crippen molar-refractivity contribution in [1.29, 1.82) is 0 Å². The van der Waals surface area contributed by atoms with Crippen LogP contribution in [0.4, 0.5) is 0 Å². The van der Waals surface area contributed by atoms with Crippen molar-refractivity contribution in [2.45, 2.75) is 103 Å². The van der Waals surface area contributed by atoms with Crippen LogP contribution in [0.3, 0.4) is 0 Å². The molecular formula is C21H40NOZn+. The summed E-state index contributed by atoms with van der Waals surface area (Å²) in [6.07, 6.45) is 24.4. The zero-order valence-corrected chi connectivity index (χ0v) is 19.1. The van der Waals surface area contributed by atoms with Gasteiger partial charge >= 0.3 is 0 Å². The Balaban J connectivity index is 0. The van der Waals surface area contributed by atoms with Crippen LogP contribution in [0.15, 0.2) is 30.6 Å². The Morgan fingerprint density at radius 3 is 1.33 bits per heavy atom. The summed E-state index contributed by atoms with van der Waals surface area (Å²) in [5, 5.41) is 0. The molecule has 0 unspecified atom stereocenters. The van der Waals surface area contributed by atoms with Gasteiger partial charge in [0.2, 0.25) is 0 Å². The molecule has 2 N–H and O–H groups in total. The van der Waals surface area contributed by atoms with Crippen molar-refractivity contribution in [2.24, 2.45) is 0 Å². The summed E-state index contributed by atoms with van der Waals surface area (Å²) in [7, 11) is 0. The first-order valence-corrected chi connectivity index (χ1v) is 9.87. The van der Waals surface area contributed by atoms with E-state index in [2.05, 4.69) is 42.1 Å². The molecule has 0 aromatic carbocycles. The van der Waals surface area contributed by atoms with Gasteiger partial charge in [0.25, 0.3) is 0 Å². The average Bonchev–Trinajstić information content (AvgIpc) is 2.56. The first kappa shape index (κ1) is 26.0. The monoisotopic (exact) mass is 386 g/mol. The largest absolute Gasteiger partial charge is 0.412 e. The molecule has 0 fully saturated rings. The molecule has 24 heavy (non-hydrogen) atoms. The van der Waals surface area contributed by atoms with Crippen LogP contribution in [-0.2, 0) is 26.0 Å². The quantitative estimate of drug-likeness (QED) is 0.212. The van der Waals surface area contributed by atoms with E-state index in [4.69, 9.17) is 0 Å². The van der Waals surface area contributed by atoms with E-state index in [1.807, 2.05) is 0 Å². The van der Waals surface area contributed by atoms with Crippen molar-refractivity contribution in [3.8, 4) is 0 Å². The van der Waals surface area contributed by atoms with Gasteiger partial charge in [0.1, 0.15) is 6.54 Å². The summed E-state index contributed by atoms with van der Waals surface area (Å²) in [6, 6.07) is 6.31. The molecule has 0 radical (unpaired) electrons. The Kier molecular flexibility index (Phi) is 22.5. The normalized spacial score (nSPS) is 10.0. The Bertz CT molecular complexity index is 332. The third kappa shape index (κ3) is 16.6. The topological polar surface area (TPSA) is 35.4 Å². The predicted molar refractivity (Wildman–Crippen MR) is 101 cm³/mol. The zero-order valence-electron chi connectivity index (χ0n) is 16.1. The van der Waals surface area contributed by atoms with Gasteiger partial charge in [-0.15, -0.1) is 0 Å². The molecule has 1 rings (SSSR count). The standard InChI is InChI=1S/C21H38N.H2O.Zn/c1-2-3-4-5-6-7-8-9-10-11-12-13-14-16-19-22-20-17-15-18-21-22;;/h15,17-18,20-21H,2-14,16,19H2,1H3;1H2;/q+1;;. The molecule has 0 saturated carbocycles. The molecule has 0 aliphatic rings. The fourth-order valence-electron chi connectivity index (χ4n) is 3.07. The second-order valence-electron chi connectivity index (χ2n) is 6.71. The molecule has 0 bridgehead atoms. The Morgan fingerprint density at radius 2 is 0.917 bits per heavy atom. The van der Waals surface area contributed by atoms with Gasteiger partial charge in [0, 0.05) is 38.0 Å². The summed E-state index contributed by atoms with van der Waals surface area (Å²) < 4.78 is 2.29. The minimum absolute atomic E-state index is 0. The van der Waals surface area contributed by atoms with Crippen molar-refractivity contribution in [3.63, 3.8) is 0 Å². The van der Waals surface area contributed by atoms with Crippen LogP contribution in [0.25, 0.3) is 0 Å². The van der Waals surface area contributed by atoms with Gasteiger partial charge in [-0.05, 0) is 6.42 Å². The number of pyridine rings is 1. The molecule has 1 aromatic rings. The SMILES string of the molecule is CCCCCCCCCCCCCCCC[n+]1ccccc1.O.[Zn]. The van der Waals surface area contributed by atoms with Gasteiger partial charge in [-0.3, -0.25) is 0 Å². The van der Waals surface area contributed by atoms with Gasteiger partial charge in [0.05, 0.1) is 0 Å². The predicted octanol–water partition coefficient (Wildman–Crippen LogP) is 5.63. The smallest absolute Gasteiger partial charge is 0.168 e.